The smallest absolute Gasteiger partial charge is 0.120 e. The lowest BCUT2D eigenvalue weighted by Gasteiger charge is -2.08. The second-order valence-corrected chi connectivity index (χ2v) is 4.22. The van der Waals surface area contributed by atoms with E-state index < -0.39 is 0 Å². The average molecular weight is 152 g/mol. The summed E-state index contributed by atoms with van der Waals surface area (Å²) >= 11 is 0. The molecule has 0 bridgehead atoms. The Kier molecular flexibility index (Phi) is 1.74. The van der Waals surface area contributed by atoms with Crippen LogP contribution in [0.15, 0.2) is 0 Å². The highest BCUT2D eigenvalue weighted by atomic mass is 16.1. The van der Waals surface area contributed by atoms with E-state index in [-0.39, 0.29) is 0 Å². The van der Waals surface area contributed by atoms with Crippen molar-refractivity contribution in [2.24, 2.45) is 23.7 Å². The van der Waals surface area contributed by atoms with E-state index in [1.807, 2.05) is 0 Å². The minimum atomic E-state index is 0.669. The molecule has 0 aromatic carbocycles. The summed E-state index contributed by atoms with van der Waals surface area (Å²) in [4.78, 5) is 10.3. The van der Waals surface area contributed by atoms with Crippen molar-refractivity contribution in [2.45, 2.75) is 32.6 Å². The molecule has 0 saturated heterocycles. The van der Waals surface area contributed by atoms with Crippen LogP contribution in [-0.2, 0) is 4.79 Å². The molecule has 0 aromatic heterocycles. The number of carbonyl (C=O) groups excluding carboxylic acids is 1. The Bertz CT molecular complexity index is 154. The highest BCUT2D eigenvalue weighted by Gasteiger charge is 2.54. The summed E-state index contributed by atoms with van der Waals surface area (Å²) in [7, 11) is 0. The standard InChI is InChI=1S/C10H16O/c1-7(5-6-11)10-8-3-2-4-9(8)10/h6-10H,2-5H2,1H3. The zero-order valence-corrected chi connectivity index (χ0v) is 7.12. The van der Waals surface area contributed by atoms with Gasteiger partial charge >= 0.3 is 0 Å². The summed E-state index contributed by atoms with van der Waals surface area (Å²) in [6, 6.07) is 0. The third-order valence-corrected chi connectivity index (χ3v) is 3.60. The van der Waals surface area contributed by atoms with Crippen LogP contribution in [0.5, 0.6) is 0 Å². The highest BCUT2D eigenvalue weighted by molar-refractivity contribution is 5.49. The Labute approximate surface area is 68.2 Å². The van der Waals surface area contributed by atoms with Gasteiger partial charge in [0.1, 0.15) is 6.29 Å². The van der Waals surface area contributed by atoms with E-state index in [1.165, 1.54) is 19.3 Å². The number of hydrogen-bond donors (Lipinski definition) is 0. The Balaban J connectivity index is 1.85. The SMILES string of the molecule is CC(CC=O)C1C2CCCC21. The van der Waals surface area contributed by atoms with E-state index in [9.17, 15) is 4.79 Å². The summed E-state index contributed by atoms with van der Waals surface area (Å²) in [6.45, 7) is 2.23. The normalized spacial score (nSPS) is 43.2. The fourth-order valence-corrected chi connectivity index (χ4v) is 3.03. The first-order valence-electron chi connectivity index (χ1n) is 4.78. The summed E-state index contributed by atoms with van der Waals surface area (Å²) in [5.74, 6) is 3.63. The van der Waals surface area contributed by atoms with Gasteiger partial charge in [-0.15, -0.1) is 0 Å². The second-order valence-electron chi connectivity index (χ2n) is 4.22. The van der Waals surface area contributed by atoms with Crippen LogP contribution in [0, 0.1) is 23.7 Å². The Hall–Kier alpha value is -0.330. The minimum absolute atomic E-state index is 0.669. The summed E-state index contributed by atoms with van der Waals surface area (Å²) < 4.78 is 0. The van der Waals surface area contributed by atoms with Gasteiger partial charge in [0.25, 0.3) is 0 Å². The van der Waals surface area contributed by atoms with Gasteiger partial charge in [0, 0.05) is 6.42 Å². The molecule has 2 aliphatic rings. The third kappa shape index (κ3) is 1.11. The molecule has 1 nitrogen and oxygen atoms in total. The van der Waals surface area contributed by atoms with Gasteiger partial charge in [0.2, 0.25) is 0 Å². The quantitative estimate of drug-likeness (QED) is 0.567. The second kappa shape index (κ2) is 2.62. The molecular formula is C10H16O. The van der Waals surface area contributed by atoms with Crippen molar-refractivity contribution < 1.29 is 4.79 Å². The van der Waals surface area contributed by atoms with Gasteiger partial charge in [-0.3, -0.25) is 0 Å². The molecule has 1 heteroatoms. The maximum absolute atomic E-state index is 10.3. The molecule has 2 saturated carbocycles. The number of rotatable bonds is 3. The number of fused-ring (bicyclic) bond motifs is 1. The molecule has 0 spiro atoms. The maximum atomic E-state index is 10.3. The molecule has 3 unspecified atom stereocenters. The molecule has 0 N–H and O–H groups in total. The number of aldehydes is 1. The summed E-state index contributed by atoms with van der Waals surface area (Å²) in [5, 5.41) is 0. The van der Waals surface area contributed by atoms with Crippen molar-refractivity contribution >= 4 is 6.29 Å². The third-order valence-electron chi connectivity index (χ3n) is 3.60. The van der Waals surface area contributed by atoms with Crippen LogP contribution in [0.1, 0.15) is 32.6 Å². The molecule has 0 radical (unpaired) electrons. The summed E-state index contributed by atoms with van der Waals surface area (Å²) in [6.07, 6.45) is 6.20. The molecule has 0 aliphatic heterocycles. The number of carbonyl (C=O) groups is 1. The van der Waals surface area contributed by atoms with Gasteiger partial charge in [-0.25, -0.2) is 0 Å². The van der Waals surface area contributed by atoms with Crippen LogP contribution < -0.4 is 0 Å². The van der Waals surface area contributed by atoms with Crippen molar-refractivity contribution in [1.82, 2.24) is 0 Å². The van der Waals surface area contributed by atoms with Gasteiger partial charge in [-0.1, -0.05) is 13.3 Å². The highest BCUT2D eigenvalue weighted by Crippen LogP contribution is 2.60. The van der Waals surface area contributed by atoms with Crippen molar-refractivity contribution in [3.63, 3.8) is 0 Å². The van der Waals surface area contributed by atoms with E-state index in [0.717, 1.165) is 30.5 Å². The molecule has 2 rings (SSSR count). The monoisotopic (exact) mass is 152 g/mol. The van der Waals surface area contributed by atoms with E-state index in [4.69, 9.17) is 0 Å². The van der Waals surface area contributed by atoms with E-state index in [1.54, 1.807) is 0 Å². The summed E-state index contributed by atoms with van der Waals surface area (Å²) in [5.41, 5.74) is 0. The van der Waals surface area contributed by atoms with Crippen LogP contribution in [0.25, 0.3) is 0 Å². The Morgan fingerprint density at radius 3 is 2.64 bits per heavy atom. The lowest BCUT2D eigenvalue weighted by atomic mass is 9.96. The molecule has 3 atom stereocenters. The number of hydrogen-bond acceptors (Lipinski definition) is 1. The zero-order valence-electron chi connectivity index (χ0n) is 7.12. The fraction of sp³-hybridized carbons (Fsp3) is 0.900. The fourth-order valence-electron chi connectivity index (χ4n) is 3.03. The largest absolute Gasteiger partial charge is 0.303 e. The lowest BCUT2D eigenvalue weighted by molar-refractivity contribution is -0.108. The van der Waals surface area contributed by atoms with Crippen LogP contribution in [-0.4, -0.2) is 6.29 Å². The molecule has 0 aromatic rings. The van der Waals surface area contributed by atoms with Crippen LogP contribution in [0.4, 0.5) is 0 Å². The van der Waals surface area contributed by atoms with Crippen molar-refractivity contribution in [3.05, 3.63) is 0 Å². The predicted octanol–water partition coefficient (Wildman–Crippen LogP) is 2.26. The zero-order chi connectivity index (χ0) is 7.84. The first-order valence-corrected chi connectivity index (χ1v) is 4.78. The molecule has 0 heterocycles. The van der Waals surface area contributed by atoms with E-state index in [0.29, 0.717) is 5.92 Å². The van der Waals surface area contributed by atoms with Gasteiger partial charge in [0.05, 0.1) is 0 Å². The Morgan fingerprint density at radius 1 is 1.45 bits per heavy atom. The van der Waals surface area contributed by atoms with Gasteiger partial charge < -0.3 is 4.79 Å². The van der Waals surface area contributed by atoms with Crippen LogP contribution in [0.2, 0.25) is 0 Å². The average Bonchev–Trinajstić information content (AvgIpc) is 2.47. The maximum Gasteiger partial charge on any atom is 0.120 e. The predicted molar refractivity (Wildman–Crippen MR) is 44.2 cm³/mol. The van der Waals surface area contributed by atoms with Crippen LogP contribution in [0.3, 0.4) is 0 Å². The molecule has 2 fully saturated rings. The van der Waals surface area contributed by atoms with E-state index in [2.05, 4.69) is 6.92 Å². The molecule has 0 amide bonds. The van der Waals surface area contributed by atoms with Gasteiger partial charge in [-0.05, 0) is 36.5 Å². The van der Waals surface area contributed by atoms with Crippen LogP contribution >= 0.6 is 0 Å². The van der Waals surface area contributed by atoms with Crippen molar-refractivity contribution in [1.29, 1.82) is 0 Å². The van der Waals surface area contributed by atoms with Gasteiger partial charge in [0.15, 0.2) is 0 Å². The van der Waals surface area contributed by atoms with Crippen molar-refractivity contribution in [3.8, 4) is 0 Å². The Morgan fingerprint density at radius 2 is 2.09 bits per heavy atom. The topological polar surface area (TPSA) is 17.1 Å². The first-order chi connectivity index (χ1) is 5.34. The molecule has 11 heavy (non-hydrogen) atoms. The van der Waals surface area contributed by atoms with Crippen molar-refractivity contribution in [2.75, 3.05) is 0 Å². The lowest BCUT2D eigenvalue weighted by Crippen LogP contribution is -2.02. The molecule has 62 valence electrons. The van der Waals surface area contributed by atoms with E-state index >= 15 is 0 Å². The van der Waals surface area contributed by atoms with Gasteiger partial charge in [-0.2, -0.15) is 0 Å². The molecular weight excluding hydrogens is 136 g/mol. The first kappa shape index (κ1) is 7.33. The minimum Gasteiger partial charge on any atom is -0.303 e. The molecule has 2 aliphatic carbocycles.